The number of aryl methyl sites for hydroxylation is 1. The summed E-state index contributed by atoms with van der Waals surface area (Å²) in [6, 6.07) is 6.02. The fraction of sp³-hybridized carbons (Fsp3) is 0.500. The lowest BCUT2D eigenvalue weighted by atomic mass is 10.1. The Kier molecular flexibility index (Phi) is 6.24. The van der Waals surface area contributed by atoms with Crippen molar-refractivity contribution in [2.45, 2.75) is 50.0 Å². The fourth-order valence-electron chi connectivity index (χ4n) is 4.31. The molecular weight excluding hydrogens is 416 g/mol. The molecule has 166 valence electrons. The second-order valence-electron chi connectivity index (χ2n) is 8.03. The number of sulfonamides is 1. The summed E-state index contributed by atoms with van der Waals surface area (Å²) in [5.41, 5.74) is 1.08. The number of carbonyl (C=O) groups excluding carboxylic acids is 1. The van der Waals surface area contributed by atoms with Gasteiger partial charge in [0.05, 0.1) is 29.3 Å². The van der Waals surface area contributed by atoms with Gasteiger partial charge in [-0.3, -0.25) is 4.79 Å². The summed E-state index contributed by atoms with van der Waals surface area (Å²) in [6.45, 7) is 3.71. The van der Waals surface area contributed by atoms with Gasteiger partial charge in [0.1, 0.15) is 11.6 Å². The molecule has 0 saturated carbocycles. The van der Waals surface area contributed by atoms with Crippen LogP contribution in [-0.2, 0) is 10.0 Å². The number of methoxy groups -OCH3 is 1. The molecule has 0 aliphatic carbocycles. The minimum absolute atomic E-state index is 0.0453. The molecule has 0 unspecified atom stereocenters. The Morgan fingerprint density at radius 1 is 1.13 bits per heavy atom. The molecule has 0 spiro atoms. The molecule has 9 heteroatoms. The predicted octanol–water partition coefficient (Wildman–Crippen LogP) is 2.95. The number of piperidine rings is 1. The number of carbonyl (C=O) groups is 1. The largest absolute Gasteiger partial charge is 0.497 e. The summed E-state index contributed by atoms with van der Waals surface area (Å²) < 4.78 is 33.3. The van der Waals surface area contributed by atoms with Gasteiger partial charge in [-0.15, -0.1) is 0 Å². The van der Waals surface area contributed by atoms with Gasteiger partial charge < -0.3 is 9.64 Å². The molecule has 1 atom stereocenters. The number of ether oxygens (including phenoxy) is 1. The van der Waals surface area contributed by atoms with Crippen LogP contribution >= 0.6 is 0 Å². The lowest BCUT2D eigenvalue weighted by Gasteiger charge is -2.27. The Labute approximate surface area is 183 Å². The first-order chi connectivity index (χ1) is 14.9. The average molecular weight is 445 g/mol. The highest BCUT2D eigenvalue weighted by molar-refractivity contribution is 7.89. The number of aromatic nitrogens is 2. The van der Waals surface area contributed by atoms with Gasteiger partial charge in [0.2, 0.25) is 10.0 Å². The third-order valence-corrected chi connectivity index (χ3v) is 7.93. The van der Waals surface area contributed by atoms with E-state index in [0.29, 0.717) is 35.8 Å². The van der Waals surface area contributed by atoms with Crippen LogP contribution in [0.2, 0.25) is 0 Å². The molecule has 0 N–H and O–H groups in total. The molecule has 2 aliphatic heterocycles. The van der Waals surface area contributed by atoms with Crippen molar-refractivity contribution in [3.63, 3.8) is 0 Å². The highest BCUT2D eigenvalue weighted by atomic mass is 32.2. The average Bonchev–Trinajstić information content (AvgIpc) is 3.30. The van der Waals surface area contributed by atoms with Gasteiger partial charge in [-0.2, -0.15) is 4.31 Å². The molecule has 1 amide bonds. The summed E-state index contributed by atoms with van der Waals surface area (Å²) in [6.07, 6.45) is 6.11. The van der Waals surface area contributed by atoms with Crippen molar-refractivity contribution in [1.29, 1.82) is 0 Å². The van der Waals surface area contributed by atoms with Crippen LogP contribution in [0.1, 0.15) is 60.0 Å². The van der Waals surface area contributed by atoms with Crippen molar-refractivity contribution in [2.75, 3.05) is 26.7 Å². The molecule has 0 radical (unpaired) electrons. The fourth-order valence-corrected chi connectivity index (χ4v) is 6.00. The molecular formula is C22H28N4O4S. The molecule has 31 heavy (non-hydrogen) atoms. The first-order valence-electron chi connectivity index (χ1n) is 10.7. The van der Waals surface area contributed by atoms with Crippen LogP contribution < -0.4 is 4.74 Å². The van der Waals surface area contributed by atoms with Gasteiger partial charge in [-0.1, -0.05) is 6.07 Å². The summed E-state index contributed by atoms with van der Waals surface area (Å²) in [7, 11) is -2.22. The van der Waals surface area contributed by atoms with Crippen LogP contribution in [0.25, 0.3) is 0 Å². The van der Waals surface area contributed by atoms with Crippen molar-refractivity contribution in [2.24, 2.45) is 0 Å². The number of benzene rings is 1. The zero-order valence-electron chi connectivity index (χ0n) is 18.0. The van der Waals surface area contributed by atoms with Crippen LogP contribution in [0, 0.1) is 6.92 Å². The standard InChI is InChI=1S/C22H28N4O4S/c1-16-19(22(27)25-11-4-3-5-12-25)15-23-21(24-16)20-10-7-13-26(20)31(28,29)18-9-6-8-17(14-18)30-2/h6,8-9,14-15,20H,3-5,7,10-13H2,1-2H3/t20-/m0/s1. The Bertz CT molecular complexity index is 1070. The van der Waals surface area contributed by atoms with Crippen LogP contribution in [0.4, 0.5) is 0 Å². The minimum atomic E-state index is -3.73. The molecule has 2 saturated heterocycles. The molecule has 8 nitrogen and oxygen atoms in total. The maximum absolute atomic E-state index is 13.3. The minimum Gasteiger partial charge on any atom is -0.497 e. The Balaban J connectivity index is 1.60. The molecule has 2 aliphatic rings. The lowest BCUT2D eigenvalue weighted by molar-refractivity contribution is 0.0722. The molecule has 0 bridgehead atoms. The molecule has 2 aromatic rings. The van der Waals surface area contributed by atoms with E-state index in [2.05, 4.69) is 9.97 Å². The SMILES string of the molecule is COc1cccc(S(=O)(=O)N2CCC[C@H]2c2ncc(C(=O)N3CCCCC3)c(C)n2)c1. The maximum atomic E-state index is 13.3. The van der Waals surface area contributed by atoms with Crippen LogP contribution in [0.3, 0.4) is 0 Å². The van der Waals surface area contributed by atoms with E-state index in [9.17, 15) is 13.2 Å². The quantitative estimate of drug-likeness (QED) is 0.704. The van der Waals surface area contributed by atoms with Crippen molar-refractivity contribution in [1.82, 2.24) is 19.2 Å². The lowest BCUT2D eigenvalue weighted by Crippen LogP contribution is -2.36. The first kappa shape index (κ1) is 21.7. The zero-order valence-corrected chi connectivity index (χ0v) is 18.8. The van der Waals surface area contributed by atoms with Crippen LogP contribution in [0.5, 0.6) is 5.75 Å². The topological polar surface area (TPSA) is 92.7 Å². The normalized spacial score (nSPS) is 20.1. The van der Waals surface area contributed by atoms with Gasteiger partial charge in [0.25, 0.3) is 5.91 Å². The van der Waals surface area contributed by atoms with E-state index in [1.165, 1.54) is 17.5 Å². The second kappa shape index (κ2) is 8.92. The smallest absolute Gasteiger partial charge is 0.257 e. The van der Waals surface area contributed by atoms with Gasteiger partial charge in [-0.25, -0.2) is 18.4 Å². The zero-order chi connectivity index (χ0) is 22.0. The van der Waals surface area contributed by atoms with Gasteiger partial charge in [0, 0.05) is 31.9 Å². The Morgan fingerprint density at radius 2 is 1.90 bits per heavy atom. The summed E-state index contributed by atoms with van der Waals surface area (Å²) in [4.78, 5) is 23.9. The third kappa shape index (κ3) is 4.29. The van der Waals surface area contributed by atoms with Crippen molar-refractivity contribution >= 4 is 15.9 Å². The summed E-state index contributed by atoms with van der Waals surface area (Å²) in [5.74, 6) is 0.886. The van der Waals surface area contributed by atoms with E-state index < -0.39 is 16.1 Å². The summed E-state index contributed by atoms with van der Waals surface area (Å²) >= 11 is 0. The molecule has 1 aromatic heterocycles. The molecule has 1 aromatic carbocycles. The van der Waals surface area contributed by atoms with Gasteiger partial charge in [-0.05, 0) is 51.2 Å². The number of hydrogen-bond donors (Lipinski definition) is 0. The molecule has 3 heterocycles. The van der Waals surface area contributed by atoms with E-state index in [0.717, 1.165) is 38.8 Å². The van der Waals surface area contributed by atoms with Crippen LogP contribution in [0.15, 0.2) is 35.4 Å². The second-order valence-corrected chi connectivity index (χ2v) is 9.92. The molecule has 2 fully saturated rings. The van der Waals surface area contributed by atoms with Crippen molar-refractivity contribution in [3.05, 3.63) is 47.5 Å². The van der Waals surface area contributed by atoms with Crippen molar-refractivity contribution in [3.8, 4) is 5.75 Å². The van der Waals surface area contributed by atoms with E-state index in [4.69, 9.17) is 4.74 Å². The van der Waals surface area contributed by atoms with E-state index in [1.807, 2.05) is 4.90 Å². The number of nitrogens with zero attached hydrogens (tertiary/aromatic N) is 4. The molecule has 4 rings (SSSR count). The third-order valence-electron chi connectivity index (χ3n) is 6.02. The van der Waals surface area contributed by atoms with Gasteiger partial charge >= 0.3 is 0 Å². The van der Waals surface area contributed by atoms with Crippen molar-refractivity contribution < 1.29 is 17.9 Å². The number of likely N-dealkylation sites (tertiary alicyclic amines) is 1. The monoisotopic (exact) mass is 444 g/mol. The Morgan fingerprint density at radius 3 is 2.61 bits per heavy atom. The number of amides is 1. The Hall–Kier alpha value is -2.52. The predicted molar refractivity (Wildman–Crippen MR) is 115 cm³/mol. The first-order valence-corrected chi connectivity index (χ1v) is 12.1. The van der Waals surface area contributed by atoms with Gasteiger partial charge in [0.15, 0.2) is 0 Å². The number of rotatable bonds is 5. The maximum Gasteiger partial charge on any atom is 0.257 e. The highest BCUT2D eigenvalue weighted by Gasteiger charge is 2.38. The highest BCUT2D eigenvalue weighted by Crippen LogP contribution is 2.36. The number of hydrogen-bond acceptors (Lipinski definition) is 6. The summed E-state index contributed by atoms with van der Waals surface area (Å²) in [5, 5.41) is 0. The van der Waals surface area contributed by atoms with E-state index >= 15 is 0 Å². The van der Waals surface area contributed by atoms with Crippen LogP contribution in [-0.4, -0.2) is 60.2 Å². The van der Waals surface area contributed by atoms with E-state index in [1.54, 1.807) is 31.3 Å². The van der Waals surface area contributed by atoms with E-state index in [-0.39, 0.29) is 10.8 Å².